The monoisotopic (exact) mass is 327 g/mol. The summed E-state index contributed by atoms with van der Waals surface area (Å²) < 4.78 is 36.5. The molecule has 0 spiro atoms. The van der Waals surface area contributed by atoms with E-state index in [-0.39, 0.29) is 17.8 Å². The van der Waals surface area contributed by atoms with Crippen molar-refractivity contribution >= 4 is 10.0 Å². The molecule has 6 heteroatoms. The summed E-state index contributed by atoms with van der Waals surface area (Å²) in [5, 5.41) is 0. The lowest BCUT2D eigenvalue weighted by Crippen LogP contribution is -2.47. The third kappa shape index (κ3) is 4.00. The number of piperidine rings is 1. The van der Waals surface area contributed by atoms with Crippen LogP contribution < -0.4 is 4.74 Å². The van der Waals surface area contributed by atoms with Gasteiger partial charge in [-0.15, -0.1) is 0 Å². The van der Waals surface area contributed by atoms with Gasteiger partial charge in [-0.3, -0.25) is 0 Å². The van der Waals surface area contributed by atoms with Crippen LogP contribution in [0, 0.1) is 5.92 Å². The van der Waals surface area contributed by atoms with Crippen molar-refractivity contribution < 1.29 is 17.9 Å². The van der Waals surface area contributed by atoms with E-state index in [2.05, 4.69) is 0 Å². The summed E-state index contributed by atoms with van der Waals surface area (Å²) in [5.74, 6) is 1.15. The largest absolute Gasteiger partial charge is 0.497 e. The van der Waals surface area contributed by atoms with Crippen molar-refractivity contribution in [2.75, 3.05) is 33.1 Å². The second kappa shape index (κ2) is 7.44. The first-order chi connectivity index (χ1) is 10.5. The molecule has 1 heterocycles. The molecule has 2 rings (SSSR count). The molecule has 124 valence electrons. The van der Waals surface area contributed by atoms with Crippen molar-refractivity contribution in [3.05, 3.63) is 29.8 Å². The van der Waals surface area contributed by atoms with Gasteiger partial charge < -0.3 is 9.47 Å². The molecule has 0 amide bonds. The van der Waals surface area contributed by atoms with E-state index in [9.17, 15) is 8.42 Å². The Morgan fingerprint density at radius 2 is 1.91 bits per heavy atom. The SMILES string of the molecule is CCS(=O)(=O)N1CC[C@@H](OC)[C@@H](Cc2ccc(OC)cc2)C1. The standard InChI is InChI=1S/C16H25NO4S/c1-4-22(18,19)17-10-9-16(21-3)14(12-17)11-13-5-7-15(20-2)8-6-13/h5-8,14,16H,4,9-12H2,1-3H3/t14-,16+/m0/s1. The Labute approximate surface area is 133 Å². The van der Waals surface area contributed by atoms with Gasteiger partial charge in [-0.2, -0.15) is 0 Å². The molecule has 22 heavy (non-hydrogen) atoms. The van der Waals surface area contributed by atoms with Crippen LogP contribution in [0.2, 0.25) is 0 Å². The van der Waals surface area contributed by atoms with Crippen LogP contribution in [0.1, 0.15) is 18.9 Å². The van der Waals surface area contributed by atoms with E-state index < -0.39 is 10.0 Å². The number of hydrogen-bond donors (Lipinski definition) is 0. The highest BCUT2D eigenvalue weighted by Gasteiger charge is 2.34. The predicted molar refractivity (Wildman–Crippen MR) is 86.6 cm³/mol. The lowest BCUT2D eigenvalue weighted by molar-refractivity contribution is 0.0131. The summed E-state index contributed by atoms with van der Waals surface area (Å²) in [7, 11) is 0.216. The summed E-state index contributed by atoms with van der Waals surface area (Å²) in [4.78, 5) is 0. The maximum Gasteiger partial charge on any atom is 0.213 e. The molecule has 0 N–H and O–H groups in total. The summed E-state index contributed by atoms with van der Waals surface area (Å²) in [6, 6.07) is 7.92. The van der Waals surface area contributed by atoms with Crippen LogP contribution >= 0.6 is 0 Å². The molecule has 0 bridgehead atoms. The molecular weight excluding hydrogens is 302 g/mol. The Bertz CT molecular complexity index is 570. The Morgan fingerprint density at radius 1 is 1.23 bits per heavy atom. The molecule has 0 unspecified atom stereocenters. The fraction of sp³-hybridized carbons (Fsp3) is 0.625. The lowest BCUT2D eigenvalue weighted by Gasteiger charge is -2.37. The van der Waals surface area contributed by atoms with E-state index in [1.54, 1.807) is 25.4 Å². The number of ether oxygens (including phenoxy) is 2. The van der Waals surface area contributed by atoms with E-state index in [1.165, 1.54) is 5.56 Å². The molecule has 1 fully saturated rings. The van der Waals surface area contributed by atoms with Crippen molar-refractivity contribution in [3.63, 3.8) is 0 Å². The molecule has 0 saturated carbocycles. The van der Waals surface area contributed by atoms with Gasteiger partial charge in [0.1, 0.15) is 5.75 Å². The minimum Gasteiger partial charge on any atom is -0.497 e. The first-order valence-corrected chi connectivity index (χ1v) is 9.24. The van der Waals surface area contributed by atoms with Crippen LogP contribution in [0.25, 0.3) is 0 Å². The van der Waals surface area contributed by atoms with Crippen LogP contribution in [0.5, 0.6) is 5.75 Å². The van der Waals surface area contributed by atoms with Gasteiger partial charge in [-0.05, 0) is 37.5 Å². The average Bonchev–Trinajstić information content (AvgIpc) is 2.55. The van der Waals surface area contributed by atoms with E-state index in [0.717, 1.165) is 18.6 Å². The molecule has 1 saturated heterocycles. The van der Waals surface area contributed by atoms with Crippen molar-refractivity contribution in [2.24, 2.45) is 5.92 Å². The van der Waals surface area contributed by atoms with Crippen LogP contribution in [-0.2, 0) is 21.2 Å². The van der Waals surface area contributed by atoms with Gasteiger partial charge in [-0.25, -0.2) is 12.7 Å². The van der Waals surface area contributed by atoms with Gasteiger partial charge in [0.25, 0.3) is 0 Å². The predicted octanol–water partition coefficient (Wildman–Crippen LogP) is 1.92. The number of sulfonamides is 1. The Morgan fingerprint density at radius 3 is 2.45 bits per heavy atom. The highest BCUT2D eigenvalue weighted by molar-refractivity contribution is 7.89. The van der Waals surface area contributed by atoms with Crippen LogP contribution in [0.4, 0.5) is 0 Å². The number of methoxy groups -OCH3 is 2. The molecule has 1 aromatic rings. The zero-order valence-electron chi connectivity index (χ0n) is 13.5. The van der Waals surface area contributed by atoms with Crippen LogP contribution in [0.15, 0.2) is 24.3 Å². The highest BCUT2D eigenvalue weighted by Crippen LogP contribution is 2.26. The summed E-state index contributed by atoms with van der Waals surface area (Å²) in [6.07, 6.45) is 1.65. The fourth-order valence-electron chi connectivity index (χ4n) is 2.98. The minimum absolute atomic E-state index is 0.102. The van der Waals surface area contributed by atoms with Gasteiger partial charge >= 0.3 is 0 Å². The van der Waals surface area contributed by atoms with Crippen molar-refractivity contribution in [1.29, 1.82) is 0 Å². The molecular formula is C16H25NO4S. The Kier molecular flexibility index (Phi) is 5.83. The zero-order chi connectivity index (χ0) is 16.2. The van der Waals surface area contributed by atoms with Crippen molar-refractivity contribution in [1.82, 2.24) is 4.31 Å². The van der Waals surface area contributed by atoms with E-state index in [4.69, 9.17) is 9.47 Å². The highest BCUT2D eigenvalue weighted by atomic mass is 32.2. The van der Waals surface area contributed by atoms with Crippen molar-refractivity contribution in [2.45, 2.75) is 25.9 Å². The minimum atomic E-state index is -3.13. The van der Waals surface area contributed by atoms with Gasteiger partial charge in [0.15, 0.2) is 0 Å². The number of nitrogens with zero attached hydrogens (tertiary/aromatic N) is 1. The van der Waals surface area contributed by atoms with Gasteiger partial charge in [0, 0.05) is 26.1 Å². The fourth-order valence-corrected chi connectivity index (χ4v) is 4.15. The molecule has 0 radical (unpaired) electrons. The third-order valence-electron chi connectivity index (χ3n) is 4.34. The lowest BCUT2D eigenvalue weighted by atomic mass is 9.89. The van der Waals surface area contributed by atoms with Crippen molar-refractivity contribution in [3.8, 4) is 5.75 Å². The number of hydrogen-bond acceptors (Lipinski definition) is 4. The van der Waals surface area contributed by atoms with E-state index in [1.807, 2.05) is 24.3 Å². The third-order valence-corrected chi connectivity index (χ3v) is 6.19. The topological polar surface area (TPSA) is 55.8 Å². The second-order valence-electron chi connectivity index (χ2n) is 5.63. The van der Waals surface area contributed by atoms with E-state index >= 15 is 0 Å². The van der Waals surface area contributed by atoms with Crippen LogP contribution in [0.3, 0.4) is 0 Å². The first kappa shape index (κ1) is 17.2. The maximum atomic E-state index is 12.1. The second-order valence-corrected chi connectivity index (χ2v) is 7.89. The van der Waals surface area contributed by atoms with Gasteiger partial charge in [-0.1, -0.05) is 12.1 Å². The van der Waals surface area contributed by atoms with Gasteiger partial charge in [0.2, 0.25) is 10.0 Å². The normalized spacial score (nSPS) is 23.4. The Hall–Kier alpha value is -1.11. The Balaban J connectivity index is 2.10. The quantitative estimate of drug-likeness (QED) is 0.801. The summed E-state index contributed by atoms with van der Waals surface area (Å²) in [6.45, 7) is 2.77. The van der Waals surface area contributed by atoms with Crippen LogP contribution in [-0.4, -0.2) is 51.9 Å². The van der Waals surface area contributed by atoms with Gasteiger partial charge in [0.05, 0.1) is 19.0 Å². The first-order valence-electron chi connectivity index (χ1n) is 7.63. The molecule has 1 aromatic carbocycles. The summed E-state index contributed by atoms with van der Waals surface area (Å²) in [5.41, 5.74) is 1.17. The molecule has 5 nitrogen and oxygen atoms in total. The molecule has 2 atom stereocenters. The number of rotatable bonds is 6. The molecule has 1 aliphatic heterocycles. The molecule has 0 aliphatic carbocycles. The summed E-state index contributed by atoms with van der Waals surface area (Å²) >= 11 is 0. The van der Waals surface area contributed by atoms with E-state index in [0.29, 0.717) is 13.1 Å². The average molecular weight is 327 g/mol. The maximum absolute atomic E-state index is 12.1. The molecule has 1 aliphatic rings. The molecule has 0 aromatic heterocycles. The number of benzene rings is 1. The zero-order valence-corrected chi connectivity index (χ0v) is 14.3. The smallest absolute Gasteiger partial charge is 0.213 e.